The fourth-order valence-corrected chi connectivity index (χ4v) is 5.01. The number of hydrogen-bond donors (Lipinski definition) is 1. The minimum Gasteiger partial charge on any atom is -0.477 e. The summed E-state index contributed by atoms with van der Waals surface area (Å²) in [6.07, 6.45) is 5.73. The van der Waals surface area contributed by atoms with E-state index in [1.165, 1.54) is 18.2 Å². The van der Waals surface area contributed by atoms with E-state index < -0.39 is 23.0 Å². The topological polar surface area (TPSA) is 127 Å². The van der Waals surface area contributed by atoms with E-state index in [1.807, 2.05) is 24.5 Å². The number of fused-ring (bicyclic) bond motifs is 1. The third-order valence-corrected chi connectivity index (χ3v) is 7.35. The van der Waals surface area contributed by atoms with Crippen molar-refractivity contribution in [1.29, 1.82) is 5.26 Å². The Morgan fingerprint density at radius 3 is 2.71 bits per heavy atom. The second-order valence-electron chi connectivity index (χ2n) is 10.9. The quantitative estimate of drug-likeness (QED) is 0.236. The molecule has 12 heteroatoms. The molecule has 3 heterocycles. The zero-order chi connectivity index (χ0) is 30.0. The van der Waals surface area contributed by atoms with Crippen LogP contribution >= 0.6 is 11.6 Å². The van der Waals surface area contributed by atoms with Gasteiger partial charge in [-0.3, -0.25) is 0 Å². The number of nitrogens with zero attached hydrogens (tertiary/aromatic N) is 6. The number of carboxylic acid groups (broad SMARTS) is 1. The fraction of sp³-hybridized carbons (Fsp3) is 0.333. The van der Waals surface area contributed by atoms with Crippen molar-refractivity contribution in [3.63, 3.8) is 0 Å². The van der Waals surface area contributed by atoms with Crippen LogP contribution in [0.5, 0.6) is 5.88 Å². The van der Waals surface area contributed by atoms with Gasteiger partial charge in [0.05, 0.1) is 17.7 Å². The number of halogens is 3. The molecule has 1 atom stereocenters. The molecule has 1 unspecified atom stereocenters. The van der Waals surface area contributed by atoms with Crippen LogP contribution in [-0.2, 0) is 19.6 Å². The average Bonchev–Trinajstić information content (AvgIpc) is 3.29. The molecule has 3 aromatic heterocycles. The van der Waals surface area contributed by atoms with Crippen molar-refractivity contribution >= 4 is 34.3 Å². The predicted molar refractivity (Wildman–Crippen MR) is 151 cm³/mol. The van der Waals surface area contributed by atoms with E-state index in [0.29, 0.717) is 42.8 Å². The summed E-state index contributed by atoms with van der Waals surface area (Å²) in [5.41, 5.74) is 1.27. The summed E-state index contributed by atoms with van der Waals surface area (Å²) < 4.78 is 35.8. The van der Waals surface area contributed by atoms with Crippen molar-refractivity contribution in [3.8, 4) is 11.9 Å². The first kappa shape index (κ1) is 29.1. The minimum absolute atomic E-state index is 0.0869. The van der Waals surface area contributed by atoms with Gasteiger partial charge in [-0.1, -0.05) is 23.7 Å². The highest BCUT2D eigenvalue weighted by atomic mass is 35.5. The van der Waals surface area contributed by atoms with Crippen LogP contribution in [0.15, 0.2) is 42.6 Å². The minimum atomic E-state index is -1.13. The number of pyridine rings is 1. The fourth-order valence-electron chi connectivity index (χ4n) is 4.85. The van der Waals surface area contributed by atoms with Gasteiger partial charge in [0, 0.05) is 23.6 Å². The summed E-state index contributed by atoms with van der Waals surface area (Å²) in [4.78, 5) is 29.0. The summed E-state index contributed by atoms with van der Waals surface area (Å²) in [5, 5.41) is 19.3. The molecular weight excluding hydrogens is 566 g/mol. The van der Waals surface area contributed by atoms with Gasteiger partial charge >= 0.3 is 5.97 Å². The SMILES string of the molecule is CC(C)(C#N)Cn1c(CC2CC=C(c3ncc(F)c(OCc4ccc(Cl)cc4F)n3)CC2)nc2ccc(C(=O)O)nc21. The number of nitriles is 1. The second-order valence-corrected chi connectivity index (χ2v) is 11.3. The number of benzene rings is 1. The molecule has 0 fully saturated rings. The Morgan fingerprint density at radius 1 is 1.21 bits per heavy atom. The van der Waals surface area contributed by atoms with Gasteiger partial charge in [-0.05, 0) is 68.9 Å². The molecule has 0 aliphatic heterocycles. The number of carboxylic acids is 1. The van der Waals surface area contributed by atoms with Gasteiger partial charge in [0.1, 0.15) is 23.8 Å². The molecule has 1 aromatic carbocycles. The lowest BCUT2D eigenvalue weighted by atomic mass is 9.86. The maximum Gasteiger partial charge on any atom is 0.354 e. The molecular formula is C30H27ClF2N6O3. The van der Waals surface area contributed by atoms with Crippen LogP contribution in [0.4, 0.5) is 8.78 Å². The van der Waals surface area contributed by atoms with Gasteiger partial charge < -0.3 is 14.4 Å². The molecule has 0 saturated carbocycles. The molecule has 0 spiro atoms. The van der Waals surface area contributed by atoms with Crippen molar-refractivity contribution < 1.29 is 23.4 Å². The molecule has 0 amide bonds. The van der Waals surface area contributed by atoms with E-state index in [9.17, 15) is 23.9 Å². The van der Waals surface area contributed by atoms with Crippen LogP contribution in [0.1, 0.15) is 60.8 Å². The Kier molecular flexibility index (Phi) is 8.18. The first-order valence-corrected chi connectivity index (χ1v) is 13.7. The highest BCUT2D eigenvalue weighted by Gasteiger charge is 2.26. The van der Waals surface area contributed by atoms with E-state index in [4.69, 9.17) is 21.3 Å². The average molecular weight is 593 g/mol. The summed E-state index contributed by atoms with van der Waals surface area (Å²) in [6, 6.07) is 9.50. The molecule has 4 aromatic rings. The molecule has 216 valence electrons. The molecule has 9 nitrogen and oxygen atoms in total. The third-order valence-electron chi connectivity index (χ3n) is 7.12. The molecule has 1 aliphatic carbocycles. The van der Waals surface area contributed by atoms with Crippen LogP contribution in [0, 0.1) is 34.3 Å². The number of carbonyl (C=O) groups is 1. The number of allylic oxidation sites excluding steroid dienone is 2. The third kappa shape index (κ3) is 6.39. The van der Waals surface area contributed by atoms with Gasteiger partial charge in [0.2, 0.25) is 5.82 Å². The van der Waals surface area contributed by atoms with Gasteiger partial charge in [-0.15, -0.1) is 0 Å². The van der Waals surface area contributed by atoms with Crippen LogP contribution in [0.2, 0.25) is 5.02 Å². The molecule has 42 heavy (non-hydrogen) atoms. The lowest BCUT2D eigenvalue weighted by molar-refractivity contribution is 0.0691. The predicted octanol–water partition coefficient (Wildman–Crippen LogP) is 6.41. The van der Waals surface area contributed by atoms with Crippen molar-refractivity contribution in [2.45, 2.75) is 52.7 Å². The highest BCUT2D eigenvalue weighted by molar-refractivity contribution is 6.30. The Bertz CT molecular complexity index is 1750. The van der Waals surface area contributed by atoms with E-state index >= 15 is 0 Å². The summed E-state index contributed by atoms with van der Waals surface area (Å²) in [7, 11) is 0. The maximum atomic E-state index is 14.4. The summed E-state index contributed by atoms with van der Waals surface area (Å²) >= 11 is 5.79. The Balaban J connectivity index is 1.33. The second kappa shape index (κ2) is 11.8. The van der Waals surface area contributed by atoms with Gasteiger partial charge in [-0.25, -0.2) is 24.1 Å². The van der Waals surface area contributed by atoms with E-state index in [0.717, 1.165) is 30.1 Å². The van der Waals surface area contributed by atoms with Gasteiger partial charge in [0.15, 0.2) is 17.2 Å². The normalized spacial score (nSPS) is 15.3. The Labute approximate surface area is 245 Å². The van der Waals surface area contributed by atoms with Crippen molar-refractivity contribution in [2.24, 2.45) is 11.3 Å². The lowest BCUT2D eigenvalue weighted by Gasteiger charge is -2.23. The first-order valence-electron chi connectivity index (χ1n) is 13.3. The number of ether oxygens (including phenoxy) is 1. The van der Waals surface area contributed by atoms with Crippen molar-refractivity contribution in [1.82, 2.24) is 24.5 Å². The Hall–Kier alpha value is -4.43. The zero-order valence-electron chi connectivity index (χ0n) is 22.9. The van der Waals surface area contributed by atoms with Crippen LogP contribution in [0.3, 0.4) is 0 Å². The molecule has 0 saturated heterocycles. The summed E-state index contributed by atoms with van der Waals surface area (Å²) in [6.45, 7) is 3.72. The lowest BCUT2D eigenvalue weighted by Crippen LogP contribution is -2.21. The maximum absolute atomic E-state index is 14.4. The zero-order valence-corrected chi connectivity index (χ0v) is 23.7. The van der Waals surface area contributed by atoms with E-state index in [2.05, 4.69) is 21.0 Å². The standard InChI is InChI=1S/C30H27ClF2N6O3/c1-30(2,15-34)16-39-25(36-23-9-10-24(29(40)41)37-27(23)39)11-17-3-5-18(6-4-17)26-35-13-22(33)28(38-26)42-14-19-7-8-20(31)12-21(19)32/h5,7-10,12-13,17H,3-4,6,11,14,16H2,1-2H3,(H,40,41). The van der Waals surface area contributed by atoms with E-state index in [-0.39, 0.29) is 34.7 Å². The number of aromatic carboxylic acids is 1. The monoisotopic (exact) mass is 592 g/mol. The summed E-state index contributed by atoms with van der Waals surface area (Å²) in [5.74, 6) is -1.42. The first-order chi connectivity index (χ1) is 20.0. The smallest absolute Gasteiger partial charge is 0.354 e. The van der Waals surface area contributed by atoms with Gasteiger partial charge in [-0.2, -0.15) is 14.6 Å². The molecule has 0 bridgehead atoms. The van der Waals surface area contributed by atoms with Crippen molar-refractivity contribution in [2.75, 3.05) is 0 Å². The molecule has 0 radical (unpaired) electrons. The molecule has 1 aliphatic rings. The van der Waals surface area contributed by atoms with Crippen molar-refractivity contribution in [3.05, 3.63) is 82.2 Å². The van der Waals surface area contributed by atoms with Crippen LogP contribution in [0.25, 0.3) is 16.7 Å². The van der Waals surface area contributed by atoms with Gasteiger partial charge in [0.25, 0.3) is 5.88 Å². The molecule has 5 rings (SSSR count). The highest BCUT2D eigenvalue weighted by Crippen LogP contribution is 2.33. The number of hydrogen-bond acceptors (Lipinski definition) is 7. The van der Waals surface area contributed by atoms with Crippen LogP contribution < -0.4 is 4.74 Å². The number of rotatable bonds is 9. The van der Waals surface area contributed by atoms with Crippen LogP contribution in [-0.4, -0.2) is 35.6 Å². The van der Waals surface area contributed by atoms with E-state index in [1.54, 1.807) is 6.07 Å². The number of aromatic nitrogens is 5. The Morgan fingerprint density at radius 2 is 2.02 bits per heavy atom. The molecule has 1 N–H and O–H groups in total. The number of imidazole rings is 1. The largest absolute Gasteiger partial charge is 0.477 e.